The molecule has 1 atom stereocenters. The molecule has 9 heteroatoms. The maximum absolute atomic E-state index is 12.5. The zero-order valence-electron chi connectivity index (χ0n) is 11.3. The van der Waals surface area contributed by atoms with Crippen LogP contribution in [0.3, 0.4) is 0 Å². The Kier molecular flexibility index (Phi) is 4.30. The molecule has 5 nitrogen and oxygen atoms in total. The van der Waals surface area contributed by atoms with E-state index in [2.05, 4.69) is 9.17 Å². The fraction of sp³-hybridized carbons (Fsp3) is 0.308. The van der Waals surface area contributed by atoms with Crippen LogP contribution in [0.2, 0.25) is 0 Å². The van der Waals surface area contributed by atoms with Crippen molar-refractivity contribution in [3.8, 4) is 5.75 Å². The lowest BCUT2D eigenvalue weighted by atomic mass is 10.1. The van der Waals surface area contributed by atoms with Crippen molar-refractivity contribution in [2.24, 2.45) is 0 Å². The molecule has 22 heavy (non-hydrogen) atoms. The molecule has 120 valence electrons. The number of nitrogens with zero attached hydrogens (tertiary/aromatic N) is 1. The fourth-order valence-corrected chi connectivity index (χ4v) is 2.25. The van der Waals surface area contributed by atoms with Gasteiger partial charge < -0.3 is 9.29 Å². The summed E-state index contributed by atoms with van der Waals surface area (Å²) in [7, 11) is -5.80. The van der Waals surface area contributed by atoms with Crippen molar-refractivity contribution in [2.75, 3.05) is 0 Å². The van der Waals surface area contributed by atoms with Crippen LogP contribution in [0.1, 0.15) is 25.1 Å². The molecule has 1 heterocycles. The zero-order chi connectivity index (χ0) is 16.5. The predicted octanol–water partition coefficient (Wildman–Crippen LogP) is 2.91. The number of hydrogen-bond acceptors (Lipinski definition) is 5. The number of para-hydroxylation sites is 1. The number of fused-ring (bicyclic) bond motifs is 1. The summed E-state index contributed by atoms with van der Waals surface area (Å²) in [5.74, 6) is -0.523. The number of alkyl halides is 3. The third-order valence-corrected chi connectivity index (χ3v) is 3.88. The summed E-state index contributed by atoms with van der Waals surface area (Å²) < 4.78 is 64.0. The van der Waals surface area contributed by atoms with Crippen molar-refractivity contribution in [3.05, 3.63) is 36.0 Å². The number of pyridine rings is 1. The van der Waals surface area contributed by atoms with Gasteiger partial charge in [-0.1, -0.05) is 19.1 Å². The average molecular weight is 335 g/mol. The molecule has 0 aliphatic rings. The number of hydrogen-bond donors (Lipinski definition) is 1. The van der Waals surface area contributed by atoms with Crippen LogP contribution in [-0.2, 0) is 10.1 Å². The summed E-state index contributed by atoms with van der Waals surface area (Å²) in [6.07, 6.45) is -0.780. The van der Waals surface area contributed by atoms with Crippen molar-refractivity contribution >= 4 is 21.0 Å². The molecule has 0 aliphatic heterocycles. The van der Waals surface area contributed by atoms with E-state index < -0.39 is 27.5 Å². The largest absolute Gasteiger partial charge is 0.534 e. The molecule has 1 aromatic heterocycles. The number of aromatic nitrogens is 1. The molecule has 0 radical (unpaired) electrons. The molecular formula is C13H12F3NO4S. The van der Waals surface area contributed by atoms with Gasteiger partial charge in [0, 0.05) is 11.5 Å². The highest BCUT2D eigenvalue weighted by Gasteiger charge is 2.48. The van der Waals surface area contributed by atoms with Crippen LogP contribution in [0.25, 0.3) is 10.9 Å². The van der Waals surface area contributed by atoms with E-state index in [4.69, 9.17) is 0 Å². The van der Waals surface area contributed by atoms with Gasteiger partial charge in [0.1, 0.15) is 0 Å². The van der Waals surface area contributed by atoms with Gasteiger partial charge in [-0.3, -0.25) is 0 Å². The first kappa shape index (κ1) is 16.5. The highest BCUT2D eigenvalue weighted by molar-refractivity contribution is 7.88. The second-order valence-electron chi connectivity index (χ2n) is 4.47. The maximum Gasteiger partial charge on any atom is 0.534 e. The van der Waals surface area contributed by atoms with Gasteiger partial charge in [0.05, 0.1) is 17.3 Å². The summed E-state index contributed by atoms with van der Waals surface area (Å²) >= 11 is 0. The number of rotatable bonds is 4. The van der Waals surface area contributed by atoms with E-state index in [1.54, 1.807) is 13.0 Å². The highest BCUT2D eigenvalue weighted by Crippen LogP contribution is 2.33. The molecule has 0 bridgehead atoms. The molecule has 1 unspecified atom stereocenters. The Labute approximate surface area is 124 Å². The first-order valence-electron chi connectivity index (χ1n) is 6.24. The molecule has 0 saturated carbocycles. The number of halogens is 3. The lowest BCUT2D eigenvalue weighted by Crippen LogP contribution is -2.28. The highest BCUT2D eigenvalue weighted by atomic mass is 32.2. The third kappa shape index (κ3) is 3.14. The number of benzene rings is 1. The van der Waals surface area contributed by atoms with Crippen molar-refractivity contribution in [2.45, 2.75) is 25.0 Å². The van der Waals surface area contributed by atoms with Gasteiger partial charge in [-0.05, 0) is 18.6 Å². The van der Waals surface area contributed by atoms with Crippen molar-refractivity contribution < 1.29 is 30.9 Å². The normalized spacial score (nSPS) is 14.0. The third-order valence-electron chi connectivity index (χ3n) is 2.91. The van der Waals surface area contributed by atoms with Crippen LogP contribution in [0.4, 0.5) is 13.2 Å². The van der Waals surface area contributed by atoms with Crippen molar-refractivity contribution in [1.29, 1.82) is 0 Å². The van der Waals surface area contributed by atoms with E-state index in [1.807, 2.05) is 0 Å². The molecule has 2 rings (SSSR count). The summed E-state index contributed by atoms with van der Waals surface area (Å²) in [5.41, 5.74) is -5.28. The fourth-order valence-electron chi connectivity index (χ4n) is 1.78. The second kappa shape index (κ2) is 5.73. The maximum atomic E-state index is 12.5. The predicted molar refractivity (Wildman–Crippen MR) is 72.6 cm³/mol. The Morgan fingerprint density at radius 1 is 1.32 bits per heavy atom. The molecule has 1 N–H and O–H groups in total. The first-order valence-corrected chi connectivity index (χ1v) is 7.65. The Morgan fingerprint density at radius 3 is 2.55 bits per heavy atom. The molecular weight excluding hydrogens is 323 g/mol. The van der Waals surface area contributed by atoms with Gasteiger partial charge in [0.25, 0.3) is 0 Å². The van der Waals surface area contributed by atoms with E-state index in [1.165, 1.54) is 18.2 Å². The summed E-state index contributed by atoms with van der Waals surface area (Å²) in [5, 5.41) is 9.88. The molecule has 0 fully saturated rings. The van der Waals surface area contributed by atoms with E-state index >= 15 is 0 Å². The summed E-state index contributed by atoms with van der Waals surface area (Å²) in [4.78, 5) is 4.09. The smallest absolute Gasteiger partial charge is 0.387 e. The van der Waals surface area contributed by atoms with Crippen LogP contribution in [-0.4, -0.2) is 24.0 Å². The zero-order valence-corrected chi connectivity index (χ0v) is 12.1. The Bertz CT molecular complexity index is 789. The van der Waals surface area contributed by atoms with Gasteiger partial charge in [-0.2, -0.15) is 21.6 Å². The minimum atomic E-state index is -5.80. The molecule has 0 aliphatic carbocycles. The first-order chi connectivity index (χ1) is 10.2. The topological polar surface area (TPSA) is 76.5 Å². The molecule has 0 amide bonds. The Hall–Kier alpha value is -1.87. The molecule has 0 saturated heterocycles. The van der Waals surface area contributed by atoms with Crippen LogP contribution >= 0.6 is 0 Å². The minimum absolute atomic E-state index is 0.0357. The summed E-state index contributed by atoms with van der Waals surface area (Å²) in [6.45, 7) is 1.65. The van der Waals surface area contributed by atoms with Crippen molar-refractivity contribution in [3.63, 3.8) is 0 Å². The van der Waals surface area contributed by atoms with Gasteiger partial charge >= 0.3 is 15.6 Å². The van der Waals surface area contributed by atoms with Crippen LogP contribution in [0, 0.1) is 0 Å². The van der Waals surface area contributed by atoms with Gasteiger partial charge in [-0.15, -0.1) is 0 Å². The molecule has 1 aromatic carbocycles. The standard InChI is InChI=1S/C13H12F3NO4S/c1-2-11(18)10-7-12(21-22(19,20)13(14,15)16)8-5-3-4-6-9(8)17-10/h3-7,11,18H,2H2,1H3. The quantitative estimate of drug-likeness (QED) is 0.687. The second-order valence-corrected chi connectivity index (χ2v) is 6.01. The number of aliphatic hydroxyl groups excluding tert-OH is 1. The Morgan fingerprint density at radius 2 is 1.95 bits per heavy atom. The molecule has 0 spiro atoms. The van der Waals surface area contributed by atoms with E-state index in [9.17, 15) is 26.7 Å². The van der Waals surface area contributed by atoms with Gasteiger partial charge in [0.2, 0.25) is 0 Å². The average Bonchev–Trinajstić information content (AvgIpc) is 2.44. The summed E-state index contributed by atoms with van der Waals surface area (Å²) in [6, 6.07) is 6.95. The van der Waals surface area contributed by atoms with Crippen LogP contribution in [0.5, 0.6) is 5.75 Å². The van der Waals surface area contributed by atoms with Crippen LogP contribution in [0.15, 0.2) is 30.3 Å². The lowest BCUT2D eigenvalue weighted by molar-refractivity contribution is -0.0499. The van der Waals surface area contributed by atoms with E-state index in [-0.39, 0.29) is 23.0 Å². The molecule has 2 aromatic rings. The van der Waals surface area contributed by atoms with E-state index in [0.29, 0.717) is 0 Å². The number of aliphatic hydroxyl groups is 1. The van der Waals surface area contributed by atoms with Crippen molar-refractivity contribution in [1.82, 2.24) is 4.98 Å². The van der Waals surface area contributed by atoms with E-state index in [0.717, 1.165) is 6.07 Å². The SMILES string of the molecule is CCC(O)c1cc(OS(=O)(=O)C(F)(F)F)c2ccccc2n1. The Balaban J connectivity index is 2.61. The van der Waals surface area contributed by atoms with Gasteiger partial charge in [0.15, 0.2) is 5.75 Å². The van der Waals surface area contributed by atoms with Crippen LogP contribution < -0.4 is 4.18 Å². The minimum Gasteiger partial charge on any atom is -0.387 e. The lowest BCUT2D eigenvalue weighted by Gasteiger charge is -2.14. The monoisotopic (exact) mass is 335 g/mol. The van der Waals surface area contributed by atoms with Gasteiger partial charge in [-0.25, -0.2) is 4.98 Å².